The molecule has 3 aromatic rings. The largest absolute Gasteiger partial charge is 0.457 e. The summed E-state index contributed by atoms with van der Waals surface area (Å²) >= 11 is 0. The van der Waals surface area contributed by atoms with Crippen LogP contribution in [0.1, 0.15) is 52.0 Å². The smallest absolute Gasteiger partial charge is 0.264 e. The molecule has 8 rings (SSSR count). The van der Waals surface area contributed by atoms with Gasteiger partial charge in [0.05, 0.1) is 81.9 Å². The number of amides is 5. The highest BCUT2D eigenvalue weighted by atomic mass is 16.6. The lowest BCUT2D eigenvalue weighted by Gasteiger charge is -2.39. The van der Waals surface area contributed by atoms with Crippen molar-refractivity contribution in [3.63, 3.8) is 0 Å². The number of anilines is 1. The molecule has 0 aromatic heterocycles. The first-order valence-corrected chi connectivity index (χ1v) is 22.1. The van der Waals surface area contributed by atoms with Crippen molar-refractivity contribution in [1.82, 2.24) is 25.4 Å². The molecule has 2 saturated heterocycles. The van der Waals surface area contributed by atoms with Gasteiger partial charge < -0.3 is 45.0 Å². The number of aliphatic imine (C=N–C) groups is 1. The highest BCUT2D eigenvalue weighted by molar-refractivity contribution is 6.25. The van der Waals surface area contributed by atoms with E-state index in [1.165, 1.54) is 0 Å². The van der Waals surface area contributed by atoms with E-state index in [4.69, 9.17) is 34.5 Å². The van der Waals surface area contributed by atoms with Crippen molar-refractivity contribution in [2.45, 2.75) is 43.9 Å². The second kappa shape index (κ2) is 21.8. The SMILES string of the molecule is NC1=C2C(c3ccc(Oc4ccccc4)cc3)=NN(C3CCCN(C(=O)/C=C/COCCOCCOCCOCCNc4cccc5c4C(=O)N(C4CCC(=O)NC4=O)C5=O)C3)C2NC=N1. The van der Waals surface area contributed by atoms with Crippen LogP contribution in [0, 0.1) is 0 Å². The summed E-state index contributed by atoms with van der Waals surface area (Å²) in [6.45, 7) is 4.29. The van der Waals surface area contributed by atoms with Crippen LogP contribution in [0.2, 0.25) is 0 Å². The molecule has 0 radical (unpaired) electrons. The Labute approximate surface area is 381 Å². The summed E-state index contributed by atoms with van der Waals surface area (Å²) in [6.07, 6.45) is 6.40. The van der Waals surface area contributed by atoms with Crippen LogP contribution in [0.15, 0.2) is 106 Å². The van der Waals surface area contributed by atoms with Gasteiger partial charge in [0.2, 0.25) is 17.7 Å². The number of fused-ring (bicyclic) bond motifs is 2. The first kappa shape index (κ1) is 45.6. The number of nitrogens with two attached hydrogens (primary N) is 1. The third-order valence-corrected chi connectivity index (χ3v) is 11.5. The number of para-hydroxylation sites is 1. The van der Waals surface area contributed by atoms with Crippen molar-refractivity contribution in [3.8, 4) is 11.5 Å². The second-order valence-electron chi connectivity index (χ2n) is 15.9. The van der Waals surface area contributed by atoms with Crippen LogP contribution in [0.25, 0.3) is 0 Å². The molecule has 3 aromatic carbocycles. The Balaban J connectivity index is 0.678. The maximum Gasteiger partial charge on any atom is 0.264 e. The number of likely N-dealkylation sites (tertiary alicyclic amines) is 1. The fourth-order valence-corrected chi connectivity index (χ4v) is 8.32. The zero-order valence-electron chi connectivity index (χ0n) is 36.4. The van der Waals surface area contributed by atoms with Gasteiger partial charge in [0.25, 0.3) is 11.8 Å². The van der Waals surface area contributed by atoms with Crippen molar-refractivity contribution in [1.29, 1.82) is 0 Å². The molecule has 0 bridgehead atoms. The van der Waals surface area contributed by atoms with Crippen LogP contribution in [0.4, 0.5) is 5.69 Å². The maximum atomic E-state index is 13.2. The van der Waals surface area contributed by atoms with Gasteiger partial charge in [-0.3, -0.25) is 39.2 Å². The molecule has 3 unspecified atom stereocenters. The van der Waals surface area contributed by atoms with Crippen LogP contribution >= 0.6 is 0 Å². The number of benzene rings is 3. The average Bonchev–Trinajstić information content (AvgIpc) is 3.85. The van der Waals surface area contributed by atoms with Crippen molar-refractivity contribution in [2.75, 3.05) is 77.8 Å². The molecule has 0 aliphatic carbocycles. The van der Waals surface area contributed by atoms with Crippen molar-refractivity contribution in [3.05, 3.63) is 113 Å². The predicted octanol–water partition coefficient (Wildman–Crippen LogP) is 2.75. The molecule has 5 aliphatic rings. The van der Waals surface area contributed by atoms with Crippen LogP contribution < -0.4 is 26.4 Å². The third-order valence-electron chi connectivity index (χ3n) is 11.5. The first-order chi connectivity index (χ1) is 32.3. The van der Waals surface area contributed by atoms with Gasteiger partial charge >= 0.3 is 0 Å². The average molecular weight is 904 g/mol. The minimum atomic E-state index is -1.02. The highest BCUT2D eigenvalue weighted by Crippen LogP contribution is 2.34. The summed E-state index contributed by atoms with van der Waals surface area (Å²) < 4.78 is 28.4. The highest BCUT2D eigenvalue weighted by Gasteiger charge is 2.46. The summed E-state index contributed by atoms with van der Waals surface area (Å²) in [5.41, 5.74) is 9.72. The van der Waals surface area contributed by atoms with E-state index in [-0.39, 0.29) is 48.7 Å². The fraction of sp³-hybridized carbons (Fsp3) is 0.383. The topological polar surface area (TPSA) is 228 Å². The third kappa shape index (κ3) is 10.8. The molecule has 2 fully saturated rings. The number of imide groups is 2. The number of nitrogens with one attached hydrogen (secondary N) is 3. The van der Waals surface area contributed by atoms with Gasteiger partial charge in [-0.05, 0) is 67.8 Å². The number of hydrogen-bond donors (Lipinski definition) is 4. The molecule has 0 saturated carbocycles. The second-order valence-corrected chi connectivity index (χ2v) is 15.9. The number of carbonyl (C=O) groups excluding carboxylic acids is 5. The Bertz CT molecular complexity index is 2390. The van der Waals surface area contributed by atoms with E-state index >= 15 is 0 Å². The summed E-state index contributed by atoms with van der Waals surface area (Å²) in [7, 11) is 0. The number of carbonyl (C=O) groups is 5. The molecule has 346 valence electrons. The van der Waals surface area contributed by atoms with E-state index in [1.54, 1.807) is 36.7 Å². The van der Waals surface area contributed by atoms with E-state index in [9.17, 15) is 24.0 Å². The summed E-state index contributed by atoms with van der Waals surface area (Å²) in [6, 6.07) is 21.2. The Morgan fingerprint density at radius 3 is 2.32 bits per heavy atom. The number of ether oxygens (including phenoxy) is 5. The first-order valence-electron chi connectivity index (χ1n) is 22.1. The van der Waals surface area contributed by atoms with Gasteiger partial charge in [0, 0.05) is 43.4 Å². The summed E-state index contributed by atoms with van der Waals surface area (Å²) in [5, 5.41) is 15.7. The Morgan fingerprint density at radius 1 is 0.833 bits per heavy atom. The van der Waals surface area contributed by atoms with E-state index in [0.29, 0.717) is 83.1 Å². The number of piperidine rings is 2. The van der Waals surface area contributed by atoms with E-state index < -0.39 is 29.7 Å². The summed E-state index contributed by atoms with van der Waals surface area (Å²) in [5.74, 6) is -0.429. The van der Waals surface area contributed by atoms with Crippen molar-refractivity contribution < 1.29 is 47.7 Å². The molecule has 3 atom stereocenters. The number of hydrogen-bond acceptors (Lipinski definition) is 16. The number of hydrazone groups is 1. The Hall–Kier alpha value is -6.93. The molecular formula is C47H53N9O10. The summed E-state index contributed by atoms with van der Waals surface area (Å²) in [4.78, 5) is 70.5. The molecule has 66 heavy (non-hydrogen) atoms. The lowest BCUT2D eigenvalue weighted by molar-refractivity contribution is -0.136. The molecule has 5 amide bonds. The minimum absolute atomic E-state index is 0.0391. The number of rotatable bonds is 21. The van der Waals surface area contributed by atoms with E-state index in [0.717, 1.165) is 40.3 Å². The normalized spacial score (nSPS) is 20.4. The molecule has 5 aliphatic heterocycles. The zero-order valence-corrected chi connectivity index (χ0v) is 36.4. The van der Waals surface area contributed by atoms with Crippen LogP contribution in [0.3, 0.4) is 0 Å². The predicted molar refractivity (Wildman–Crippen MR) is 242 cm³/mol. The van der Waals surface area contributed by atoms with Crippen LogP contribution in [0.5, 0.6) is 11.5 Å². The lowest BCUT2D eigenvalue weighted by atomic mass is 9.99. The molecule has 5 N–H and O–H groups in total. The van der Waals surface area contributed by atoms with Gasteiger partial charge in [-0.2, -0.15) is 5.10 Å². The van der Waals surface area contributed by atoms with E-state index in [2.05, 4.69) is 20.9 Å². The number of nitrogens with zero attached hydrogens (tertiary/aromatic N) is 5. The van der Waals surface area contributed by atoms with E-state index in [1.807, 2.05) is 64.5 Å². The van der Waals surface area contributed by atoms with Crippen molar-refractivity contribution in [2.24, 2.45) is 15.8 Å². The minimum Gasteiger partial charge on any atom is -0.457 e. The van der Waals surface area contributed by atoms with Gasteiger partial charge in [-0.1, -0.05) is 30.3 Å². The molecule has 5 heterocycles. The quantitative estimate of drug-likeness (QED) is 0.0685. The van der Waals surface area contributed by atoms with Gasteiger partial charge in [0.15, 0.2) is 0 Å². The molecule has 0 spiro atoms. The Morgan fingerprint density at radius 2 is 1.56 bits per heavy atom. The molecule has 19 nitrogen and oxygen atoms in total. The maximum absolute atomic E-state index is 13.2. The van der Waals surface area contributed by atoms with Crippen molar-refractivity contribution >= 4 is 47.3 Å². The standard InChI is InChI=1S/C47H53N9O10/c48-43-41-42(31-13-15-34(16-14-31)66-33-8-2-1-3-9-33)53-56(44(41)51-30-50-43)32-7-5-20-54(29-32)39(58)12-6-21-62-23-25-64-27-28-65-26-24-63-22-19-49-36-11-4-10-35-40(36)47(61)55(46(35)60)37-17-18-38(57)52-45(37)59/h1-4,6,8-16,30,32,37,44,49H,5,7,17-29,48H2,(H,50,51)(H,52,57,59)/b12-6+. The van der Waals surface area contributed by atoms with Gasteiger partial charge in [0.1, 0.15) is 35.2 Å². The Kier molecular flexibility index (Phi) is 15.1. The van der Waals surface area contributed by atoms with Gasteiger partial charge in [-0.25, -0.2) is 4.99 Å². The van der Waals surface area contributed by atoms with Crippen LogP contribution in [-0.2, 0) is 33.3 Å². The van der Waals surface area contributed by atoms with Gasteiger partial charge in [-0.15, -0.1) is 0 Å². The van der Waals surface area contributed by atoms with Crippen LogP contribution in [-0.4, -0.2) is 147 Å². The monoisotopic (exact) mass is 903 g/mol. The lowest BCUT2D eigenvalue weighted by Crippen LogP contribution is -2.54. The zero-order chi connectivity index (χ0) is 45.8. The molecular weight excluding hydrogens is 851 g/mol. The molecule has 19 heteroatoms. The fourth-order valence-electron chi connectivity index (χ4n) is 8.32.